The fourth-order valence-electron chi connectivity index (χ4n) is 3.20. The molecule has 1 aliphatic rings. The van der Waals surface area contributed by atoms with Gasteiger partial charge in [0.1, 0.15) is 17.3 Å². The van der Waals surface area contributed by atoms with Gasteiger partial charge in [-0.25, -0.2) is 9.97 Å². The van der Waals surface area contributed by atoms with Crippen molar-refractivity contribution in [3.8, 4) is 6.07 Å². The van der Waals surface area contributed by atoms with Crippen LogP contribution >= 0.6 is 0 Å². The molecular formula is C18H17F3N4. The Labute approximate surface area is 143 Å². The maximum atomic E-state index is 13.0. The van der Waals surface area contributed by atoms with Crippen molar-refractivity contribution in [3.05, 3.63) is 53.5 Å². The Bertz CT molecular complexity index is 788. The second-order valence-electron chi connectivity index (χ2n) is 6.20. The van der Waals surface area contributed by atoms with Crippen LogP contribution in [0.1, 0.15) is 29.9 Å². The lowest BCUT2D eigenvalue weighted by Crippen LogP contribution is -2.42. The minimum Gasteiger partial charge on any atom is -0.356 e. The van der Waals surface area contributed by atoms with E-state index in [4.69, 9.17) is 0 Å². The first kappa shape index (κ1) is 17.2. The Morgan fingerprint density at radius 1 is 1.12 bits per heavy atom. The molecular weight excluding hydrogens is 329 g/mol. The van der Waals surface area contributed by atoms with Crippen molar-refractivity contribution < 1.29 is 13.2 Å². The average molecular weight is 346 g/mol. The molecule has 0 saturated carbocycles. The first-order valence-electron chi connectivity index (χ1n) is 7.99. The summed E-state index contributed by atoms with van der Waals surface area (Å²) in [5.74, 6) is 0.351. The van der Waals surface area contributed by atoms with Crippen LogP contribution in [-0.2, 0) is 11.6 Å². The van der Waals surface area contributed by atoms with Crippen LogP contribution in [0.4, 0.5) is 19.0 Å². The van der Waals surface area contributed by atoms with E-state index in [-0.39, 0.29) is 11.6 Å². The Kier molecular flexibility index (Phi) is 4.38. The van der Waals surface area contributed by atoms with E-state index < -0.39 is 17.3 Å². The highest BCUT2D eigenvalue weighted by atomic mass is 19.4. The fourth-order valence-corrected chi connectivity index (χ4v) is 3.20. The predicted octanol–water partition coefficient (Wildman–Crippen LogP) is 3.87. The third kappa shape index (κ3) is 3.43. The van der Waals surface area contributed by atoms with Gasteiger partial charge in [0.05, 0.1) is 11.5 Å². The lowest BCUT2D eigenvalue weighted by Gasteiger charge is -2.38. The monoisotopic (exact) mass is 346 g/mol. The first-order valence-corrected chi connectivity index (χ1v) is 7.99. The van der Waals surface area contributed by atoms with Crippen molar-refractivity contribution in [2.75, 3.05) is 18.0 Å². The molecule has 0 atom stereocenters. The van der Waals surface area contributed by atoms with Crippen LogP contribution in [0, 0.1) is 18.3 Å². The summed E-state index contributed by atoms with van der Waals surface area (Å²) < 4.78 is 38.9. The number of nitriles is 1. The molecule has 0 radical (unpaired) electrons. The number of hydrogen-bond donors (Lipinski definition) is 0. The zero-order valence-corrected chi connectivity index (χ0v) is 13.7. The first-order chi connectivity index (χ1) is 11.8. The van der Waals surface area contributed by atoms with E-state index >= 15 is 0 Å². The number of piperidine rings is 1. The lowest BCUT2D eigenvalue weighted by atomic mass is 9.74. The van der Waals surface area contributed by atoms with Gasteiger partial charge in [0.15, 0.2) is 0 Å². The zero-order valence-electron chi connectivity index (χ0n) is 13.7. The Balaban J connectivity index is 1.83. The number of nitrogens with zero attached hydrogens (tertiary/aromatic N) is 4. The van der Waals surface area contributed by atoms with E-state index in [1.807, 2.05) is 30.3 Å². The Morgan fingerprint density at radius 2 is 1.76 bits per heavy atom. The van der Waals surface area contributed by atoms with Crippen molar-refractivity contribution in [2.24, 2.45) is 0 Å². The Hall–Kier alpha value is -2.62. The van der Waals surface area contributed by atoms with Gasteiger partial charge in [-0.1, -0.05) is 30.3 Å². The van der Waals surface area contributed by atoms with Gasteiger partial charge in [0.2, 0.25) is 0 Å². The molecule has 1 aromatic heterocycles. The largest absolute Gasteiger partial charge is 0.433 e. The number of aromatic nitrogens is 2. The quantitative estimate of drug-likeness (QED) is 0.828. The van der Waals surface area contributed by atoms with Gasteiger partial charge in [0.25, 0.3) is 0 Å². The highest BCUT2D eigenvalue weighted by Crippen LogP contribution is 2.37. The lowest BCUT2D eigenvalue weighted by molar-refractivity contribution is -0.141. The summed E-state index contributed by atoms with van der Waals surface area (Å²) in [5, 5.41) is 9.70. The summed E-state index contributed by atoms with van der Waals surface area (Å²) in [6.07, 6.45) is -3.42. The van der Waals surface area contributed by atoms with Crippen LogP contribution in [0.2, 0.25) is 0 Å². The van der Waals surface area contributed by atoms with E-state index in [1.54, 1.807) is 4.90 Å². The van der Waals surface area contributed by atoms with Gasteiger partial charge >= 0.3 is 6.18 Å². The number of benzene rings is 1. The predicted molar refractivity (Wildman–Crippen MR) is 87.0 cm³/mol. The van der Waals surface area contributed by atoms with Crippen molar-refractivity contribution >= 4 is 5.82 Å². The molecule has 2 heterocycles. The SMILES string of the molecule is Cc1nc(N2CCC(C#N)(c3ccccc3)CC2)cc(C(F)(F)F)n1. The molecule has 0 unspecified atom stereocenters. The third-order valence-corrected chi connectivity index (χ3v) is 4.60. The summed E-state index contributed by atoms with van der Waals surface area (Å²) in [6, 6.07) is 12.9. The molecule has 1 saturated heterocycles. The molecule has 0 aliphatic carbocycles. The van der Waals surface area contributed by atoms with Gasteiger partial charge in [0, 0.05) is 19.2 Å². The fraction of sp³-hybridized carbons (Fsp3) is 0.389. The molecule has 4 nitrogen and oxygen atoms in total. The van der Waals surface area contributed by atoms with Crippen LogP contribution < -0.4 is 4.90 Å². The zero-order chi connectivity index (χ0) is 18.1. The minimum atomic E-state index is -4.50. The molecule has 0 amide bonds. The molecule has 1 aliphatic heterocycles. The van der Waals surface area contributed by atoms with E-state index in [9.17, 15) is 18.4 Å². The maximum absolute atomic E-state index is 13.0. The van der Waals surface area contributed by atoms with Crippen molar-refractivity contribution in [1.82, 2.24) is 9.97 Å². The molecule has 0 bridgehead atoms. The second kappa shape index (κ2) is 6.36. The summed E-state index contributed by atoms with van der Waals surface area (Å²) in [5.41, 5.74) is -0.589. The molecule has 0 N–H and O–H groups in total. The number of rotatable bonds is 2. The van der Waals surface area contributed by atoms with Gasteiger partial charge in [-0.15, -0.1) is 0 Å². The highest BCUT2D eigenvalue weighted by molar-refractivity contribution is 5.44. The topological polar surface area (TPSA) is 52.8 Å². The summed E-state index contributed by atoms with van der Waals surface area (Å²) in [7, 11) is 0. The van der Waals surface area contributed by atoms with Gasteiger partial charge in [-0.2, -0.15) is 18.4 Å². The number of hydrogen-bond acceptors (Lipinski definition) is 4. The van der Waals surface area contributed by atoms with Crippen LogP contribution in [-0.4, -0.2) is 23.1 Å². The van der Waals surface area contributed by atoms with E-state index in [1.165, 1.54) is 6.92 Å². The normalized spacial score (nSPS) is 17.2. The van der Waals surface area contributed by atoms with E-state index in [0.29, 0.717) is 25.9 Å². The number of aryl methyl sites for hydroxylation is 1. The molecule has 2 aromatic rings. The van der Waals surface area contributed by atoms with Crippen molar-refractivity contribution in [2.45, 2.75) is 31.4 Å². The second-order valence-corrected chi connectivity index (χ2v) is 6.20. The number of halogens is 3. The molecule has 3 rings (SSSR count). The van der Waals surface area contributed by atoms with Gasteiger partial charge in [-0.3, -0.25) is 0 Å². The van der Waals surface area contributed by atoms with Crippen LogP contribution in [0.25, 0.3) is 0 Å². The standard InChI is InChI=1S/C18H17F3N4/c1-13-23-15(18(19,20)21)11-16(24-13)25-9-7-17(12-22,8-10-25)14-5-3-2-4-6-14/h2-6,11H,7-10H2,1H3. The Morgan fingerprint density at radius 3 is 2.32 bits per heavy atom. The summed E-state index contributed by atoms with van der Waals surface area (Å²) in [4.78, 5) is 9.42. The van der Waals surface area contributed by atoms with E-state index in [2.05, 4.69) is 16.0 Å². The van der Waals surface area contributed by atoms with Crippen LogP contribution in [0.5, 0.6) is 0 Å². The smallest absolute Gasteiger partial charge is 0.356 e. The summed E-state index contributed by atoms with van der Waals surface area (Å²) >= 11 is 0. The maximum Gasteiger partial charge on any atom is 0.433 e. The number of alkyl halides is 3. The van der Waals surface area contributed by atoms with E-state index in [0.717, 1.165) is 11.6 Å². The van der Waals surface area contributed by atoms with Crippen molar-refractivity contribution in [3.63, 3.8) is 0 Å². The number of anilines is 1. The van der Waals surface area contributed by atoms with Crippen LogP contribution in [0.3, 0.4) is 0 Å². The summed E-state index contributed by atoms with van der Waals surface area (Å²) in [6.45, 7) is 2.39. The molecule has 1 fully saturated rings. The molecule has 1 aromatic carbocycles. The molecule has 0 spiro atoms. The van der Waals surface area contributed by atoms with Crippen molar-refractivity contribution in [1.29, 1.82) is 5.26 Å². The minimum absolute atomic E-state index is 0.0880. The average Bonchev–Trinajstić information content (AvgIpc) is 2.61. The van der Waals surface area contributed by atoms with Gasteiger partial charge in [-0.05, 0) is 25.3 Å². The molecule has 130 valence electrons. The van der Waals surface area contributed by atoms with Gasteiger partial charge < -0.3 is 4.90 Å². The molecule has 25 heavy (non-hydrogen) atoms. The highest BCUT2D eigenvalue weighted by Gasteiger charge is 2.38. The van der Waals surface area contributed by atoms with Crippen LogP contribution in [0.15, 0.2) is 36.4 Å². The molecule has 7 heteroatoms. The third-order valence-electron chi connectivity index (χ3n) is 4.60.